The standard InChI is InChI=1S/C23H29F3N2O3/c1-14(2)18-13-31-19-9-10-27(12-16-5-8-20(29)28(18)22(16)19)21(30)11-15-3-6-17(7-4-15)23(24,25)26/h3-4,6-7,14,16,18-19,22H,5,8-13H2,1-2H3/t16-,18-,19?,22?/m1/s1. The first-order chi connectivity index (χ1) is 14.6. The summed E-state index contributed by atoms with van der Waals surface area (Å²) in [5, 5.41) is 0. The number of piperidine rings is 1. The number of carbonyl (C=O) groups excluding carboxylic acids is 2. The average Bonchev–Trinajstić information content (AvgIpc) is 2.90. The lowest BCUT2D eigenvalue weighted by molar-refractivity contribution is -0.172. The van der Waals surface area contributed by atoms with E-state index in [1.807, 2.05) is 9.80 Å². The molecule has 2 amide bonds. The highest BCUT2D eigenvalue weighted by atomic mass is 19.4. The van der Waals surface area contributed by atoms with Gasteiger partial charge in [0.05, 0.1) is 36.8 Å². The van der Waals surface area contributed by atoms with Crippen molar-refractivity contribution in [2.45, 2.75) is 63.9 Å². The number of nitrogens with zero attached hydrogens (tertiary/aromatic N) is 2. The van der Waals surface area contributed by atoms with Gasteiger partial charge < -0.3 is 14.5 Å². The Balaban J connectivity index is 1.47. The van der Waals surface area contributed by atoms with Gasteiger partial charge in [-0.1, -0.05) is 26.0 Å². The largest absolute Gasteiger partial charge is 0.416 e. The van der Waals surface area contributed by atoms with Crippen molar-refractivity contribution in [2.24, 2.45) is 11.8 Å². The Labute approximate surface area is 180 Å². The van der Waals surface area contributed by atoms with Crippen LogP contribution < -0.4 is 0 Å². The Morgan fingerprint density at radius 1 is 1.19 bits per heavy atom. The van der Waals surface area contributed by atoms with Crippen molar-refractivity contribution >= 4 is 11.8 Å². The number of amides is 2. The Morgan fingerprint density at radius 2 is 1.90 bits per heavy atom. The van der Waals surface area contributed by atoms with Crippen LogP contribution in [0.3, 0.4) is 0 Å². The molecule has 3 aliphatic rings. The summed E-state index contributed by atoms with van der Waals surface area (Å²) in [6, 6.07) is 4.83. The fourth-order valence-corrected chi connectivity index (χ4v) is 5.24. The molecule has 8 heteroatoms. The van der Waals surface area contributed by atoms with Crippen LogP contribution in [0, 0.1) is 11.8 Å². The maximum absolute atomic E-state index is 13.0. The number of alkyl halides is 3. The van der Waals surface area contributed by atoms with E-state index in [2.05, 4.69) is 13.8 Å². The highest BCUT2D eigenvalue weighted by molar-refractivity contribution is 5.80. The number of morpholine rings is 1. The van der Waals surface area contributed by atoms with Crippen molar-refractivity contribution in [3.63, 3.8) is 0 Å². The third-order valence-corrected chi connectivity index (χ3v) is 6.94. The lowest BCUT2D eigenvalue weighted by Crippen LogP contribution is -2.65. The summed E-state index contributed by atoms with van der Waals surface area (Å²) < 4.78 is 44.5. The number of halogens is 3. The summed E-state index contributed by atoms with van der Waals surface area (Å²) in [6.45, 7) is 5.81. The Hall–Kier alpha value is -2.09. The minimum Gasteiger partial charge on any atom is -0.374 e. The molecule has 31 heavy (non-hydrogen) atoms. The van der Waals surface area contributed by atoms with E-state index in [-0.39, 0.29) is 42.3 Å². The minimum atomic E-state index is -4.39. The fraction of sp³-hybridized carbons (Fsp3) is 0.652. The van der Waals surface area contributed by atoms with Gasteiger partial charge in [-0.05, 0) is 42.4 Å². The van der Waals surface area contributed by atoms with Gasteiger partial charge in [-0.25, -0.2) is 0 Å². The number of carbonyl (C=O) groups is 2. The van der Waals surface area contributed by atoms with Crippen LogP contribution in [0.5, 0.6) is 0 Å². The van der Waals surface area contributed by atoms with Crippen LogP contribution in [0.25, 0.3) is 0 Å². The number of hydrogen-bond acceptors (Lipinski definition) is 3. The molecule has 3 heterocycles. The predicted octanol–water partition coefficient (Wildman–Crippen LogP) is 3.51. The molecule has 4 rings (SSSR count). The molecule has 0 radical (unpaired) electrons. The van der Waals surface area contributed by atoms with Gasteiger partial charge in [-0.3, -0.25) is 9.59 Å². The predicted molar refractivity (Wildman–Crippen MR) is 108 cm³/mol. The normalized spacial score (nSPS) is 29.0. The van der Waals surface area contributed by atoms with E-state index in [9.17, 15) is 22.8 Å². The first-order valence-electron chi connectivity index (χ1n) is 11.0. The van der Waals surface area contributed by atoms with Gasteiger partial charge in [0, 0.05) is 19.5 Å². The van der Waals surface area contributed by atoms with Crippen molar-refractivity contribution in [1.29, 1.82) is 0 Å². The second kappa shape index (κ2) is 8.45. The smallest absolute Gasteiger partial charge is 0.374 e. The molecule has 0 N–H and O–H groups in total. The maximum atomic E-state index is 13.0. The summed E-state index contributed by atoms with van der Waals surface area (Å²) >= 11 is 0. The molecule has 2 unspecified atom stereocenters. The molecule has 5 nitrogen and oxygen atoms in total. The number of ether oxygens (including phenoxy) is 1. The molecule has 4 atom stereocenters. The molecular formula is C23H29F3N2O3. The fourth-order valence-electron chi connectivity index (χ4n) is 5.24. The molecular weight excluding hydrogens is 409 g/mol. The number of benzene rings is 1. The van der Waals surface area contributed by atoms with Crippen molar-refractivity contribution < 1.29 is 27.5 Å². The summed E-state index contributed by atoms with van der Waals surface area (Å²) in [5.74, 6) is 0.535. The topological polar surface area (TPSA) is 49.9 Å². The molecule has 3 fully saturated rings. The second-order valence-electron chi connectivity index (χ2n) is 9.27. The number of hydrogen-bond donors (Lipinski definition) is 0. The molecule has 3 aliphatic heterocycles. The third kappa shape index (κ3) is 4.45. The first kappa shape index (κ1) is 22.1. The van der Waals surface area contributed by atoms with E-state index in [1.165, 1.54) is 12.1 Å². The summed E-state index contributed by atoms with van der Waals surface area (Å²) in [6.07, 6.45) is -2.52. The number of likely N-dealkylation sites (tertiary alicyclic amines) is 1. The van der Waals surface area contributed by atoms with E-state index in [1.54, 1.807) is 0 Å². The minimum absolute atomic E-state index is 0.00808. The monoisotopic (exact) mass is 438 g/mol. The van der Waals surface area contributed by atoms with E-state index in [0.717, 1.165) is 18.6 Å². The Bertz CT molecular complexity index is 824. The Kier molecular flexibility index (Phi) is 6.03. The molecule has 0 spiro atoms. The van der Waals surface area contributed by atoms with Gasteiger partial charge in [0.15, 0.2) is 0 Å². The maximum Gasteiger partial charge on any atom is 0.416 e. The summed E-state index contributed by atoms with van der Waals surface area (Å²) in [7, 11) is 0. The SMILES string of the molecule is CC(C)[C@H]1COC2CCN(C(=O)Cc3ccc(C(F)(F)F)cc3)C[C@H]3CCC(=O)N1C23. The van der Waals surface area contributed by atoms with Crippen molar-refractivity contribution in [3.05, 3.63) is 35.4 Å². The van der Waals surface area contributed by atoms with Crippen molar-refractivity contribution in [3.8, 4) is 0 Å². The van der Waals surface area contributed by atoms with Crippen molar-refractivity contribution in [1.82, 2.24) is 9.80 Å². The van der Waals surface area contributed by atoms with Crippen LogP contribution in [-0.2, 0) is 26.9 Å². The summed E-state index contributed by atoms with van der Waals surface area (Å²) in [5.41, 5.74) is -0.150. The molecule has 0 bridgehead atoms. The van der Waals surface area contributed by atoms with E-state index in [4.69, 9.17) is 4.74 Å². The van der Waals surface area contributed by atoms with Gasteiger partial charge in [-0.2, -0.15) is 13.2 Å². The zero-order chi connectivity index (χ0) is 22.3. The van der Waals surface area contributed by atoms with Gasteiger partial charge in [0.25, 0.3) is 0 Å². The highest BCUT2D eigenvalue weighted by Gasteiger charge is 2.49. The zero-order valence-corrected chi connectivity index (χ0v) is 17.9. The molecule has 0 aromatic heterocycles. The van der Waals surface area contributed by atoms with Gasteiger partial charge in [0.2, 0.25) is 11.8 Å². The lowest BCUT2D eigenvalue weighted by Gasteiger charge is -2.52. The van der Waals surface area contributed by atoms with E-state index < -0.39 is 11.7 Å². The number of rotatable bonds is 3. The van der Waals surface area contributed by atoms with Crippen LogP contribution in [0.2, 0.25) is 0 Å². The molecule has 0 aliphatic carbocycles. The molecule has 170 valence electrons. The lowest BCUT2D eigenvalue weighted by atomic mass is 9.81. The Morgan fingerprint density at radius 3 is 2.55 bits per heavy atom. The van der Waals surface area contributed by atoms with Crippen LogP contribution in [0.4, 0.5) is 13.2 Å². The molecule has 0 saturated carbocycles. The molecule has 3 saturated heterocycles. The van der Waals surface area contributed by atoms with Crippen LogP contribution in [0.1, 0.15) is 44.2 Å². The third-order valence-electron chi connectivity index (χ3n) is 6.94. The molecule has 1 aromatic carbocycles. The second-order valence-corrected chi connectivity index (χ2v) is 9.27. The van der Waals surface area contributed by atoms with Crippen LogP contribution in [0.15, 0.2) is 24.3 Å². The van der Waals surface area contributed by atoms with Gasteiger partial charge >= 0.3 is 6.18 Å². The van der Waals surface area contributed by atoms with Crippen LogP contribution in [-0.4, -0.2) is 59.5 Å². The van der Waals surface area contributed by atoms with Gasteiger partial charge in [-0.15, -0.1) is 0 Å². The highest BCUT2D eigenvalue weighted by Crippen LogP contribution is 2.38. The molecule has 1 aromatic rings. The van der Waals surface area contributed by atoms with E-state index >= 15 is 0 Å². The first-order valence-corrected chi connectivity index (χ1v) is 11.0. The zero-order valence-electron chi connectivity index (χ0n) is 17.9. The van der Waals surface area contributed by atoms with E-state index in [0.29, 0.717) is 44.0 Å². The average molecular weight is 438 g/mol. The van der Waals surface area contributed by atoms with Crippen molar-refractivity contribution in [2.75, 3.05) is 19.7 Å². The quantitative estimate of drug-likeness (QED) is 0.726. The summed E-state index contributed by atoms with van der Waals surface area (Å²) in [4.78, 5) is 29.6. The van der Waals surface area contributed by atoms with Gasteiger partial charge in [0.1, 0.15) is 0 Å². The van der Waals surface area contributed by atoms with Crippen LogP contribution >= 0.6 is 0 Å².